The van der Waals surface area contributed by atoms with Crippen molar-refractivity contribution in [3.8, 4) is 0 Å². The van der Waals surface area contributed by atoms with E-state index in [2.05, 4.69) is 16.4 Å². The minimum Gasteiger partial charge on any atom is -0.353 e. The molecule has 19 heavy (non-hydrogen) atoms. The van der Waals surface area contributed by atoms with E-state index >= 15 is 0 Å². The number of halogens is 1. The maximum Gasteiger partial charge on any atom is 0.127 e. The first-order valence-electron chi connectivity index (χ1n) is 5.78. The lowest BCUT2D eigenvalue weighted by Gasteiger charge is -2.04. The van der Waals surface area contributed by atoms with Crippen LogP contribution in [-0.4, -0.2) is 9.97 Å². The van der Waals surface area contributed by atoms with E-state index < -0.39 is 0 Å². The quantitative estimate of drug-likeness (QED) is 0.654. The number of nitrogens with one attached hydrogen (secondary N) is 2. The van der Waals surface area contributed by atoms with Gasteiger partial charge in [0.25, 0.3) is 0 Å². The van der Waals surface area contributed by atoms with Crippen LogP contribution in [0.15, 0.2) is 36.4 Å². The van der Waals surface area contributed by atoms with Crippen molar-refractivity contribution in [2.24, 2.45) is 0 Å². The monoisotopic (exact) mass is 306 g/mol. The van der Waals surface area contributed by atoms with Crippen molar-refractivity contribution in [1.29, 1.82) is 0 Å². The van der Waals surface area contributed by atoms with Crippen molar-refractivity contribution in [2.75, 3.05) is 5.32 Å². The summed E-state index contributed by atoms with van der Waals surface area (Å²) < 4.78 is 0.763. The highest BCUT2D eigenvalue weighted by molar-refractivity contribution is 7.81. The Balaban J connectivity index is 1.89. The molecule has 0 aliphatic carbocycles. The lowest BCUT2D eigenvalue weighted by molar-refractivity contribution is 1.43. The number of H-pyrrole nitrogens is 1. The van der Waals surface area contributed by atoms with Gasteiger partial charge in [0.05, 0.1) is 15.7 Å². The predicted molar refractivity (Wildman–Crippen MR) is 87.7 cm³/mol. The Morgan fingerprint density at radius 1 is 1.32 bits per heavy atom. The Morgan fingerprint density at radius 3 is 2.79 bits per heavy atom. The second-order valence-electron chi connectivity index (χ2n) is 4.24. The van der Waals surface area contributed by atoms with Gasteiger partial charge in [-0.2, -0.15) is 0 Å². The van der Waals surface area contributed by atoms with Gasteiger partial charge >= 0.3 is 0 Å². The third-order valence-electron chi connectivity index (χ3n) is 2.91. The Hall–Kier alpha value is -1.36. The zero-order chi connectivity index (χ0) is 13.4. The van der Waals surface area contributed by atoms with Crippen LogP contribution in [0.3, 0.4) is 0 Å². The smallest absolute Gasteiger partial charge is 0.127 e. The molecule has 0 amide bonds. The van der Waals surface area contributed by atoms with Crippen LogP contribution in [0.5, 0.6) is 0 Å². The summed E-state index contributed by atoms with van der Waals surface area (Å²) in [6.07, 6.45) is 0. The first-order chi connectivity index (χ1) is 9.13. The van der Waals surface area contributed by atoms with Crippen molar-refractivity contribution >= 4 is 56.7 Å². The number of thiophene rings is 1. The maximum atomic E-state index is 5.99. The van der Waals surface area contributed by atoms with Gasteiger partial charge in [-0.3, -0.25) is 0 Å². The number of thiocarbonyl (C=S) groups is 1. The van der Waals surface area contributed by atoms with Gasteiger partial charge in [0.15, 0.2) is 0 Å². The Morgan fingerprint density at radius 2 is 2.11 bits per heavy atom. The van der Waals surface area contributed by atoms with E-state index in [1.807, 2.05) is 37.3 Å². The zero-order valence-electron chi connectivity index (χ0n) is 10.2. The molecule has 3 aromatic rings. The lowest BCUT2D eigenvalue weighted by atomic mass is 10.2. The van der Waals surface area contributed by atoms with E-state index in [4.69, 9.17) is 23.8 Å². The molecule has 96 valence electrons. The number of hydrogen-bond acceptors (Lipinski definition) is 2. The summed E-state index contributed by atoms with van der Waals surface area (Å²) in [6.45, 7) is 2.02. The lowest BCUT2D eigenvalue weighted by Crippen LogP contribution is -2.10. The van der Waals surface area contributed by atoms with Gasteiger partial charge in [0, 0.05) is 15.8 Å². The van der Waals surface area contributed by atoms with E-state index in [9.17, 15) is 0 Å². The molecule has 2 heterocycles. The number of aryl methyl sites for hydroxylation is 1. The van der Waals surface area contributed by atoms with Gasteiger partial charge in [-0.1, -0.05) is 42.0 Å². The van der Waals surface area contributed by atoms with Crippen LogP contribution >= 0.6 is 35.2 Å². The third-order valence-corrected chi connectivity index (χ3v) is 4.41. The number of fused-ring (bicyclic) bond motifs is 1. The topological polar surface area (TPSA) is 27.8 Å². The molecule has 0 aliphatic rings. The molecule has 0 bridgehead atoms. The summed E-state index contributed by atoms with van der Waals surface area (Å²) in [5.74, 6) is 0. The molecule has 0 saturated heterocycles. The number of aromatic amines is 1. The summed E-state index contributed by atoms with van der Waals surface area (Å²) in [6, 6.07) is 12.1. The van der Waals surface area contributed by atoms with Crippen molar-refractivity contribution in [3.05, 3.63) is 51.3 Å². The largest absolute Gasteiger partial charge is 0.353 e. The van der Waals surface area contributed by atoms with E-state index in [0.717, 1.165) is 31.5 Å². The average Bonchev–Trinajstić information content (AvgIpc) is 2.93. The Labute approximate surface area is 125 Å². The molecule has 0 saturated carbocycles. The van der Waals surface area contributed by atoms with Crippen molar-refractivity contribution in [3.63, 3.8) is 0 Å². The molecule has 5 heteroatoms. The molecule has 1 aromatic carbocycles. The highest BCUT2D eigenvalue weighted by Gasteiger charge is 2.09. The summed E-state index contributed by atoms with van der Waals surface area (Å²) in [5, 5.41) is 4.39. The minimum absolute atomic E-state index is 0.675. The highest BCUT2D eigenvalue weighted by Crippen LogP contribution is 2.30. The second kappa shape index (κ2) is 4.96. The molecule has 2 nitrogen and oxygen atoms in total. The fourth-order valence-corrected chi connectivity index (χ4v) is 3.32. The summed E-state index contributed by atoms with van der Waals surface area (Å²) in [5.41, 5.74) is 2.97. The SMILES string of the molecule is Cc1sc(Cl)cc1NC(=S)c1cc2ccccc2[nH]1. The molecule has 0 radical (unpaired) electrons. The van der Waals surface area contributed by atoms with Crippen molar-refractivity contribution in [1.82, 2.24) is 4.98 Å². The van der Waals surface area contributed by atoms with E-state index in [1.54, 1.807) is 11.3 Å². The molecule has 0 atom stereocenters. The van der Waals surface area contributed by atoms with Crippen LogP contribution in [0, 0.1) is 6.92 Å². The van der Waals surface area contributed by atoms with Crippen molar-refractivity contribution < 1.29 is 0 Å². The molecular weight excluding hydrogens is 296 g/mol. The van der Waals surface area contributed by atoms with Gasteiger partial charge in [0.1, 0.15) is 4.99 Å². The van der Waals surface area contributed by atoms with Crippen LogP contribution < -0.4 is 5.32 Å². The van der Waals surface area contributed by atoms with E-state index in [1.165, 1.54) is 0 Å². The normalized spacial score (nSPS) is 10.8. The second-order valence-corrected chi connectivity index (χ2v) is 6.54. The zero-order valence-corrected chi connectivity index (χ0v) is 12.5. The number of rotatable bonds is 2. The number of benzene rings is 1. The molecule has 0 fully saturated rings. The van der Waals surface area contributed by atoms with Crippen LogP contribution in [0.25, 0.3) is 10.9 Å². The van der Waals surface area contributed by atoms with Gasteiger partial charge < -0.3 is 10.3 Å². The average molecular weight is 307 g/mol. The van der Waals surface area contributed by atoms with Gasteiger partial charge in [0.2, 0.25) is 0 Å². The Bertz CT molecular complexity index is 725. The van der Waals surface area contributed by atoms with Gasteiger partial charge in [-0.25, -0.2) is 0 Å². The molecule has 2 aromatic heterocycles. The molecule has 0 spiro atoms. The van der Waals surface area contributed by atoms with Crippen LogP contribution in [0.2, 0.25) is 4.34 Å². The summed E-state index contributed by atoms with van der Waals surface area (Å²) in [7, 11) is 0. The number of aromatic nitrogens is 1. The van der Waals surface area contributed by atoms with Crippen LogP contribution in [-0.2, 0) is 0 Å². The van der Waals surface area contributed by atoms with E-state index in [-0.39, 0.29) is 0 Å². The van der Waals surface area contributed by atoms with Crippen LogP contribution in [0.1, 0.15) is 10.6 Å². The third kappa shape index (κ3) is 2.52. The first-order valence-corrected chi connectivity index (χ1v) is 7.39. The fourth-order valence-electron chi connectivity index (χ4n) is 1.96. The molecule has 0 aliphatic heterocycles. The number of hydrogen-bond donors (Lipinski definition) is 2. The molecule has 2 N–H and O–H groups in total. The van der Waals surface area contributed by atoms with Crippen LogP contribution in [0.4, 0.5) is 5.69 Å². The van der Waals surface area contributed by atoms with Gasteiger partial charge in [-0.15, -0.1) is 11.3 Å². The van der Waals surface area contributed by atoms with Crippen molar-refractivity contribution in [2.45, 2.75) is 6.92 Å². The van der Waals surface area contributed by atoms with Gasteiger partial charge in [-0.05, 0) is 25.1 Å². The number of anilines is 1. The maximum absolute atomic E-state index is 5.99. The molecule has 0 unspecified atom stereocenters. The Kier molecular flexibility index (Phi) is 3.31. The summed E-state index contributed by atoms with van der Waals surface area (Å²) in [4.78, 5) is 5.11. The minimum atomic E-state index is 0.675. The highest BCUT2D eigenvalue weighted by atomic mass is 35.5. The predicted octanol–water partition coefficient (Wildman–Crippen LogP) is 4.98. The molecule has 3 rings (SSSR count). The fraction of sp³-hybridized carbons (Fsp3) is 0.0714. The first kappa shape index (κ1) is 12.7. The molecular formula is C14H11ClN2S2. The summed E-state index contributed by atoms with van der Waals surface area (Å²) >= 11 is 13.0. The standard InChI is InChI=1S/C14H11ClN2S2/c1-8-11(7-13(15)19-8)17-14(18)12-6-9-4-2-3-5-10(9)16-12/h2-7,16H,1H3,(H,17,18). The van der Waals surface area contributed by atoms with E-state index in [0.29, 0.717) is 4.99 Å². The number of para-hydroxylation sites is 1.